The second-order valence-electron chi connectivity index (χ2n) is 3.27. The zero-order valence-corrected chi connectivity index (χ0v) is 9.33. The van der Waals surface area contributed by atoms with Crippen LogP contribution in [0.1, 0.15) is 18.1 Å². The summed E-state index contributed by atoms with van der Waals surface area (Å²) in [4.78, 5) is 11.0. The summed E-state index contributed by atoms with van der Waals surface area (Å²) in [5, 5.41) is 0. The highest BCUT2D eigenvalue weighted by Gasteiger charge is 2.00. The number of aryl methyl sites for hydroxylation is 1. The molecule has 0 atom stereocenters. The van der Waals surface area contributed by atoms with Crippen molar-refractivity contribution in [2.24, 2.45) is 0 Å². The van der Waals surface area contributed by atoms with E-state index in [-0.39, 0.29) is 0 Å². The van der Waals surface area contributed by atoms with E-state index in [9.17, 15) is 4.79 Å². The van der Waals surface area contributed by atoms with Crippen LogP contribution in [0, 0.1) is 18.8 Å². The second kappa shape index (κ2) is 5.08. The van der Waals surface area contributed by atoms with Gasteiger partial charge in [-0.1, -0.05) is 5.92 Å². The second-order valence-corrected chi connectivity index (χ2v) is 3.27. The summed E-state index contributed by atoms with van der Waals surface area (Å²) < 4.78 is 4.68. The molecule has 0 unspecified atom stereocenters. The Kier molecular flexibility index (Phi) is 3.78. The molecule has 16 heavy (non-hydrogen) atoms. The van der Waals surface area contributed by atoms with Crippen molar-refractivity contribution in [1.29, 1.82) is 0 Å². The monoisotopic (exact) mass is 218 g/mol. The molecule has 0 saturated heterocycles. The van der Waals surface area contributed by atoms with E-state index in [1.807, 2.05) is 6.92 Å². The number of carbonyl (C=O) groups excluding carboxylic acids is 1. The number of carbonyl (C=O) groups is 1. The quantitative estimate of drug-likeness (QED) is 0.420. The minimum Gasteiger partial charge on any atom is -0.456 e. The zero-order chi connectivity index (χ0) is 12.1. The zero-order valence-electron chi connectivity index (χ0n) is 9.33. The molecule has 84 valence electrons. The SMILES string of the molecule is CCOC(=O)C#Cc1cc(C)c(N)c(N)c1. The van der Waals surface area contributed by atoms with Gasteiger partial charge in [0.15, 0.2) is 0 Å². The Morgan fingerprint density at radius 1 is 1.44 bits per heavy atom. The number of rotatable bonds is 1. The molecule has 0 aliphatic rings. The molecule has 0 spiro atoms. The number of hydrogen-bond donors (Lipinski definition) is 2. The summed E-state index contributed by atoms with van der Waals surface area (Å²) in [6.07, 6.45) is 0. The van der Waals surface area contributed by atoms with Crippen molar-refractivity contribution >= 4 is 17.3 Å². The molecular weight excluding hydrogens is 204 g/mol. The Morgan fingerprint density at radius 3 is 2.69 bits per heavy atom. The van der Waals surface area contributed by atoms with Crippen molar-refractivity contribution in [2.45, 2.75) is 13.8 Å². The van der Waals surface area contributed by atoms with Gasteiger partial charge in [-0.2, -0.15) is 0 Å². The molecule has 1 aromatic carbocycles. The lowest BCUT2D eigenvalue weighted by molar-refractivity contribution is -0.136. The third kappa shape index (κ3) is 2.92. The Labute approximate surface area is 94.6 Å². The van der Waals surface area contributed by atoms with Gasteiger partial charge >= 0.3 is 5.97 Å². The Bertz CT molecular complexity index is 447. The highest BCUT2D eigenvalue weighted by molar-refractivity contribution is 5.89. The van der Waals surface area contributed by atoms with Gasteiger partial charge in [-0.05, 0) is 31.5 Å². The summed E-state index contributed by atoms with van der Waals surface area (Å²) in [6.45, 7) is 3.88. The fourth-order valence-electron chi connectivity index (χ4n) is 1.19. The van der Waals surface area contributed by atoms with E-state index in [4.69, 9.17) is 11.5 Å². The molecule has 0 radical (unpaired) electrons. The van der Waals surface area contributed by atoms with E-state index < -0.39 is 5.97 Å². The maximum atomic E-state index is 11.0. The molecule has 1 rings (SSSR count). The normalized spacial score (nSPS) is 9.12. The van der Waals surface area contributed by atoms with Crippen LogP contribution in [-0.4, -0.2) is 12.6 Å². The van der Waals surface area contributed by atoms with Gasteiger partial charge in [0.2, 0.25) is 0 Å². The Balaban J connectivity index is 2.94. The van der Waals surface area contributed by atoms with E-state index in [1.54, 1.807) is 19.1 Å². The van der Waals surface area contributed by atoms with Crippen LogP contribution in [0.4, 0.5) is 11.4 Å². The molecular formula is C12H14N2O2. The number of nitrogens with two attached hydrogens (primary N) is 2. The molecule has 0 aromatic heterocycles. The van der Waals surface area contributed by atoms with Gasteiger partial charge < -0.3 is 16.2 Å². The molecule has 0 fully saturated rings. The van der Waals surface area contributed by atoms with Gasteiger partial charge in [0.25, 0.3) is 0 Å². The van der Waals surface area contributed by atoms with Gasteiger partial charge in [0.1, 0.15) is 0 Å². The van der Waals surface area contributed by atoms with Crippen molar-refractivity contribution in [3.63, 3.8) is 0 Å². The largest absolute Gasteiger partial charge is 0.456 e. The fourth-order valence-corrected chi connectivity index (χ4v) is 1.19. The van der Waals surface area contributed by atoms with E-state index in [1.165, 1.54) is 0 Å². The van der Waals surface area contributed by atoms with Crippen LogP contribution in [0.3, 0.4) is 0 Å². The van der Waals surface area contributed by atoms with E-state index in [0.717, 1.165) is 5.56 Å². The predicted molar refractivity (Wildman–Crippen MR) is 63.5 cm³/mol. The van der Waals surface area contributed by atoms with Crippen molar-refractivity contribution in [1.82, 2.24) is 0 Å². The number of anilines is 2. The number of ether oxygens (including phenoxy) is 1. The molecule has 4 nitrogen and oxygen atoms in total. The molecule has 4 N–H and O–H groups in total. The maximum absolute atomic E-state index is 11.0. The first kappa shape index (κ1) is 11.9. The lowest BCUT2D eigenvalue weighted by atomic mass is 10.1. The third-order valence-electron chi connectivity index (χ3n) is 2.00. The lowest BCUT2D eigenvalue weighted by Crippen LogP contribution is -2.00. The topological polar surface area (TPSA) is 78.3 Å². The molecule has 4 heteroatoms. The van der Waals surface area contributed by atoms with Gasteiger partial charge in [-0.25, -0.2) is 4.79 Å². The van der Waals surface area contributed by atoms with Gasteiger partial charge in [-0.15, -0.1) is 0 Å². The van der Waals surface area contributed by atoms with Gasteiger partial charge in [-0.3, -0.25) is 0 Å². The van der Waals surface area contributed by atoms with E-state index >= 15 is 0 Å². The minimum atomic E-state index is -0.546. The molecule has 0 aliphatic heterocycles. The average Bonchev–Trinajstić information content (AvgIpc) is 2.23. The first-order chi connectivity index (χ1) is 7.54. The number of hydrogen-bond acceptors (Lipinski definition) is 4. The van der Waals surface area contributed by atoms with Gasteiger partial charge in [0.05, 0.1) is 18.0 Å². The van der Waals surface area contributed by atoms with Crippen LogP contribution in [0.2, 0.25) is 0 Å². The standard InChI is InChI=1S/C12H14N2O2/c1-3-16-11(15)5-4-9-6-8(2)12(14)10(13)7-9/h6-7H,3,13-14H2,1-2H3. The van der Waals surface area contributed by atoms with Crippen molar-refractivity contribution in [3.8, 4) is 11.8 Å². The average molecular weight is 218 g/mol. The predicted octanol–water partition coefficient (Wildman–Crippen LogP) is 1.07. The molecule has 0 amide bonds. The van der Waals surface area contributed by atoms with Crippen LogP contribution in [0.25, 0.3) is 0 Å². The van der Waals surface area contributed by atoms with Gasteiger partial charge in [0, 0.05) is 11.5 Å². The molecule has 0 heterocycles. The summed E-state index contributed by atoms with van der Waals surface area (Å²) >= 11 is 0. The number of nitrogen functional groups attached to an aromatic ring is 2. The maximum Gasteiger partial charge on any atom is 0.384 e. The Morgan fingerprint density at radius 2 is 2.12 bits per heavy atom. The van der Waals surface area contributed by atoms with Crippen LogP contribution in [-0.2, 0) is 9.53 Å². The summed E-state index contributed by atoms with van der Waals surface area (Å²) in [5.74, 6) is 4.50. The Hall–Kier alpha value is -2.15. The first-order valence-electron chi connectivity index (χ1n) is 4.89. The van der Waals surface area contributed by atoms with E-state index in [0.29, 0.717) is 23.5 Å². The number of esters is 1. The lowest BCUT2D eigenvalue weighted by Gasteiger charge is -2.04. The highest BCUT2D eigenvalue weighted by Crippen LogP contribution is 2.20. The summed E-state index contributed by atoms with van der Waals surface area (Å²) in [7, 11) is 0. The molecule has 0 bridgehead atoms. The summed E-state index contributed by atoms with van der Waals surface area (Å²) in [5.41, 5.74) is 13.9. The van der Waals surface area contributed by atoms with Crippen LogP contribution < -0.4 is 11.5 Å². The highest BCUT2D eigenvalue weighted by atomic mass is 16.5. The van der Waals surface area contributed by atoms with E-state index in [2.05, 4.69) is 16.6 Å². The van der Waals surface area contributed by atoms with Crippen molar-refractivity contribution < 1.29 is 9.53 Å². The minimum absolute atomic E-state index is 0.316. The van der Waals surface area contributed by atoms with Crippen molar-refractivity contribution in [2.75, 3.05) is 18.1 Å². The first-order valence-corrected chi connectivity index (χ1v) is 4.89. The number of benzene rings is 1. The van der Waals surface area contributed by atoms with Crippen LogP contribution in [0.5, 0.6) is 0 Å². The fraction of sp³-hybridized carbons (Fsp3) is 0.250. The smallest absolute Gasteiger partial charge is 0.384 e. The third-order valence-corrected chi connectivity index (χ3v) is 2.00. The molecule has 0 saturated carbocycles. The summed E-state index contributed by atoms with van der Waals surface area (Å²) in [6, 6.07) is 3.41. The molecule has 1 aromatic rings. The van der Waals surface area contributed by atoms with Crippen molar-refractivity contribution in [3.05, 3.63) is 23.3 Å². The molecule has 0 aliphatic carbocycles. The van der Waals surface area contributed by atoms with Crippen LogP contribution >= 0.6 is 0 Å². The van der Waals surface area contributed by atoms with Crippen LogP contribution in [0.15, 0.2) is 12.1 Å².